The maximum atomic E-state index is 14.5. The Labute approximate surface area is 279 Å². The smallest absolute Gasteiger partial charge is 0.395 e. The number of aliphatic hydroxyl groups is 1. The van der Waals surface area contributed by atoms with E-state index in [4.69, 9.17) is 0 Å². The Hall–Kier alpha value is -4.05. The molecule has 1 aromatic heterocycles. The van der Waals surface area contributed by atoms with Gasteiger partial charge in [-0.25, -0.2) is 13.4 Å². The van der Waals surface area contributed by atoms with Crippen LogP contribution in [-0.4, -0.2) is 74.0 Å². The van der Waals surface area contributed by atoms with Crippen LogP contribution in [0, 0.1) is 0 Å². The average Bonchev–Trinajstić information content (AvgIpc) is 3.05. The third-order valence-electron chi connectivity index (χ3n) is 8.45. The summed E-state index contributed by atoms with van der Waals surface area (Å²) in [4.78, 5) is 20.7. The van der Waals surface area contributed by atoms with Crippen molar-refractivity contribution in [1.82, 2.24) is 20.5 Å². The molecule has 1 saturated heterocycles. The maximum Gasteiger partial charge on any atom is 0.416 e. The largest absolute Gasteiger partial charge is 0.416 e. The minimum absolute atomic E-state index is 0.0279. The number of aliphatic hydroxyl groups excluding tert-OH is 1. The number of carbonyl (C=O) groups is 1. The zero-order valence-electron chi connectivity index (χ0n) is 26.3. The van der Waals surface area contributed by atoms with Crippen LogP contribution in [0.4, 0.5) is 26.3 Å². The summed E-state index contributed by atoms with van der Waals surface area (Å²) in [6, 6.07) is 12.2. The molecule has 15 heteroatoms. The number of fused-ring (bicyclic) bond motifs is 1. The number of piperidine rings is 1. The average molecular weight is 709 g/mol. The van der Waals surface area contributed by atoms with Gasteiger partial charge in [-0.1, -0.05) is 42.5 Å². The first-order valence-electron chi connectivity index (χ1n) is 15.4. The Morgan fingerprint density at radius 2 is 1.63 bits per heavy atom. The van der Waals surface area contributed by atoms with Gasteiger partial charge in [-0.3, -0.25) is 9.69 Å². The number of hydrogen-bond donors (Lipinski definition) is 3. The van der Waals surface area contributed by atoms with Gasteiger partial charge in [-0.15, -0.1) is 0 Å². The molecule has 49 heavy (non-hydrogen) atoms. The Morgan fingerprint density at radius 3 is 2.20 bits per heavy atom. The van der Waals surface area contributed by atoms with Crippen LogP contribution in [0.2, 0.25) is 0 Å². The highest BCUT2D eigenvalue weighted by Gasteiger charge is 2.42. The number of likely N-dealkylation sites (tertiary alicyclic amines) is 1. The van der Waals surface area contributed by atoms with Gasteiger partial charge in [0.15, 0.2) is 15.9 Å². The molecule has 0 spiro atoms. The number of sulfone groups is 1. The fourth-order valence-electron chi connectivity index (χ4n) is 5.97. The third kappa shape index (κ3) is 8.58. The summed E-state index contributed by atoms with van der Waals surface area (Å²) < 4.78 is 109. The normalized spacial score (nSPS) is 15.8. The molecule has 5 rings (SSSR count). The van der Waals surface area contributed by atoms with E-state index in [1.54, 1.807) is 0 Å². The van der Waals surface area contributed by atoms with Gasteiger partial charge >= 0.3 is 12.4 Å². The first-order chi connectivity index (χ1) is 23.1. The summed E-state index contributed by atoms with van der Waals surface area (Å²) in [5.74, 6) is -1.16. The van der Waals surface area contributed by atoms with Gasteiger partial charge < -0.3 is 15.7 Å². The summed E-state index contributed by atoms with van der Waals surface area (Å²) in [7, 11) is -3.84. The molecule has 1 amide bonds. The number of halogens is 6. The lowest BCUT2D eigenvalue weighted by molar-refractivity contribution is -0.155. The Morgan fingerprint density at radius 1 is 0.980 bits per heavy atom. The number of carbonyl (C=O) groups excluding carboxylic acids is 1. The fraction of sp³-hybridized carbons (Fsp3) is 0.353. The summed E-state index contributed by atoms with van der Waals surface area (Å²) in [5, 5.41) is 14.5. The summed E-state index contributed by atoms with van der Waals surface area (Å²) in [6.45, 7) is 1.28. The molecule has 1 aliphatic heterocycles. The van der Waals surface area contributed by atoms with Crippen LogP contribution in [-0.2, 0) is 22.6 Å². The van der Waals surface area contributed by atoms with E-state index in [0.717, 1.165) is 18.4 Å². The zero-order valence-corrected chi connectivity index (χ0v) is 27.1. The zero-order chi connectivity index (χ0) is 35.6. The third-order valence-corrected chi connectivity index (χ3v) is 9.56. The highest BCUT2D eigenvalue weighted by molar-refractivity contribution is 7.90. The topological polar surface area (TPSA) is 112 Å². The van der Waals surface area contributed by atoms with Gasteiger partial charge in [0.05, 0.1) is 33.8 Å². The Kier molecular flexibility index (Phi) is 10.7. The number of nitrogens with zero attached hydrogens (tertiary/aromatic N) is 2. The number of benzene rings is 3. The molecule has 1 atom stereocenters. The van der Waals surface area contributed by atoms with Crippen LogP contribution in [0.25, 0.3) is 22.2 Å². The van der Waals surface area contributed by atoms with Crippen LogP contribution in [0.1, 0.15) is 45.9 Å². The molecule has 2 heterocycles. The van der Waals surface area contributed by atoms with E-state index in [-0.39, 0.29) is 62.9 Å². The monoisotopic (exact) mass is 708 g/mol. The second kappa shape index (κ2) is 14.4. The van der Waals surface area contributed by atoms with Crippen LogP contribution in [0.15, 0.2) is 77.7 Å². The summed E-state index contributed by atoms with van der Waals surface area (Å²) in [6.07, 6.45) is -7.33. The minimum atomic E-state index is -4.92. The van der Waals surface area contributed by atoms with E-state index in [1.807, 2.05) is 4.90 Å². The van der Waals surface area contributed by atoms with Crippen LogP contribution in [0.5, 0.6) is 0 Å². The first-order valence-corrected chi connectivity index (χ1v) is 17.3. The van der Waals surface area contributed by atoms with Gasteiger partial charge in [-0.05, 0) is 61.8 Å². The summed E-state index contributed by atoms with van der Waals surface area (Å²) >= 11 is 0. The van der Waals surface area contributed by atoms with Crippen molar-refractivity contribution >= 4 is 26.6 Å². The lowest BCUT2D eigenvalue weighted by atomic mass is 9.93. The molecular formula is C34H34F6N4O4S. The molecule has 262 valence electrons. The van der Waals surface area contributed by atoms with Gasteiger partial charge in [0, 0.05) is 41.9 Å². The maximum absolute atomic E-state index is 14.5. The van der Waals surface area contributed by atoms with Crippen molar-refractivity contribution in [2.75, 3.05) is 32.5 Å². The molecule has 0 aliphatic carbocycles. The van der Waals surface area contributed by atoms with Gasteiger partial charge in [0.1, 0.15) is 0 Å². The number of aromatic nitrogens is 1. The van der Waals surface area contributed by atoms with E-state index in [0.29, 0.717) is 32.5 Å². The van der Waals surface area contributed by atoms with Crippen molar-refractivity contribution in [2.45, 2.75) is 48.7 Å². The molecule has 0 bridgehead atoms. The van der Waals surface area contributed by atoms with Crippen molar-refractivity contribution in [3.05, 3.63) is 95.1 Å². The lowest BCUT2D eigenvalue weighted by Crippen LogP contribution is -2.43. The lowest BCUT2D eigenvalue weighted by Gasteiger charge is -2.33. The standard InChI is InChI=1S/C34H34F6N4O4S/c1-49(47,48)25-11-12-28-26(19-25)29(32(46)43-31(34(38,39)40)22-5-3-2-4-6-22)27(20-44-16-13-24(14-17-44)41-15-18-45)30(42-28)21-7-9-23(10-8-21)33(35,36)37/h2-12,19,24,31,41,45H,13-18,20H2,1H3,(H,43,46). The molecule has 4 aromatic rings. The fourth-order valence-corrected chi connectivity index (χ4v) is 6.62. The molecule has 1 unspecified atom stereocenters. The SMILES string of the molecule is CS(=O)(=O)c1ccc2nc(-c3ccc(C(F)(F)F)cc3)c(CN3CCC(NCCO)CC3)c(C(=O)NC(c3ccccc3)C(F)(F)F)c2c1. The number of alkyl halides is 6. The predicted molar refractivity (Wildman–Crippen MR) is 171 cm³/mol. The second-order valence-corrected chi connectivity index (χ2v) is 13.9. The molecule has 8 nitrogen and oxygen atoms in total. The van der Waals surface area contributed by atoms with E-state index in [1.165, 1.54) is 60.7 Å². The Balaban J connectivity index is 1.71. The molecule has 1 fully saturated rings. The molecular weight excluding hydrogens is 674 g/mol. The van der Waals surface area contributed by atoms with E-state index >= 15 is 0 Å². The second-order valence-electron chi connectivity index (χ2n) is 11.9. The molecule has 0 saturated carbocycles. The van der Waals surface area contributed by atoms with Crippen LogP contribution in [0.3, 0.4) is 0 Å². The van der Waals surface area contributed by atoms with Gasteiger partial charge in [-0.2, -0.15) is 26.3 Å². The molecule has 1 aliphatic rings. The number of amides is 1. The van der Waals surface area contributed by atoms with E-state index < -0.39 is 39.7 Å². The minimum Gasteiger partial charge on any atom is -0.395 e. The highest BCUT2D eigenvalue weighted by Crippen LogP contribution is 2.37. The van der Waals surface area contributed by atoms with Crippen molar-refractivity contribution in [3.8, 4) is 11.3 Å². The van der Waals surface area contributed by atoms with E-state index in [2.05, 4.69) is 15.6 Å². The van der Waals surface area contributed by atoms with Crippen molar-refractivity contribution < 1.29 is 44.7 Å². The number of rotatable bonds is 10. The number of pyridine rings is 1. The van der Waals surface area contributed by atoms with Crippen LogP contribution < -0.4 is 10.6 Å². The quantitative estimate of drug-likeness (QED) is 0.176. The highest BCUT2D eigenvalue weighted by atomic mass is 32.2. The van der Waals surface area contributed by atoms with Gasteiger partial charge in [0.2, 0.25) is 0 Å². The van der Waals surface area contributed by atoms with Crippen molar-refractivity contribution in [3.63, 3.8) is 0 Å². The molecule has 0 radical (unpaired) electrons. The molecule has 3 N–H and O–H groups in total. The number of nitrogens with one attached hydrogen (secondary N) is 2. The Bertz CT molecular complexity index is 1890. The summed E-state index contributed by atoms with van der Waals surface area (Å²) in [5.41, 5.74) is -0.986. The van der Waals surface area contributed by atoms with Crippen molar-refractivity contribution in [1.29, 1.82) is 0 Å². The first kappa shape index (κ1) is 36.2. The molecule has 3 aromatic carbocycles. The number of hydrogen-bond acceptors (Lipinski definition) is 7. The predicted octanol–water partition coefficient (Wildman–Crippen LogP) is 5.90. The van der Waals surface area contributed by atoms with Gasteiger partial charge in [0.25, 0.3) is 5.91 Å². The van der Waals surface area contributed by atoms with Crippen LogP contribution >= 0.6 is 0 Å². The van der Waals surface area contributed by atoms with Crippen molar-refractivity contribution in [2.24, 2.45) is 0 Å². The van der Waals surface area contributed by atoms with E-state index in [9.17, 15) is 44.7 Å².